The molecule has 0 N–H and O–H groups in total. The van der Waals surface area contributed by atoms with Crippen LogP contribution < -0.4 is 4.74 Å². The van der Waals surface area contributed by atoms with Gasteiger partial charge in [-0.15, -0.1) is 0 Å². The second kappa shape index (κ2) is 5.93. The average Bonchev–Trinajstić information content (AvgIpc) is 2.38. The van der Waals surface area contributed by atoms with Gasteiger partial charge in [-0.2, -0.15) is 0 Å². The molecule has 0 unspecified atom stereocenters. The van der Waals surface area contributed by atoms with Crippen molar-refractivity contribution in [2.24, 2.45) is 0 Å². The molecule has 0 radical (unpaired) electrons. The Hall–Kier alpha value is -1.40. The summed E-state index contributed by atoms with van der Waals surface area (Å²) in [6.07, 6.45) is 1.14. The molecule has 0 bridgehead atoms. The first-order valence-corrected chi connectivity index (χ1v) is 8.74. The maximum Gasteiger partial charge on any atom is 0.175 e. The summed E-state index contributed by atoms with van der Waals surface area (Å²) in [6.45, 7) is 0. The van der Waals surface area contributed by atoms with Gasteiger partial charge in [0, 0.05) is 17.1 Å². The predicted molar refractivity (Wildman–Crippen MR) is 78.7 cm³/mol. The van der Waals surface area contributed by atoms with Crippen LogP contribution in [0.2, 0.25) is 0 Å². The summed E-state index contributed by atoms with van der Waals surface area (Å²) in [4.78, 5) is 0.213. The Morgan fingerprint density at radius 1 is 1.15 bits per heavy atom. The number of hydrogen-bond acceptors (Lipinski definition) is 3. The molecule has 0 fully saturated rings. The lowest BCUT2D eigenvalue weighted by molar-refractivity contribution is 0.470. The van der Waals surface area contributed by atoms with E-state index in [9.17, 15) is 12.8 Å². The van der Waals surface area contributed by atoms with Gasteiger partial charge in [0.25, 0.3) is 0 Å². The Bertz CT molecular complexity index is 712. The summed E-state index contributed by atoms with van der Waals surface area (Å²) in [5, 5.41) is 0.330. The molecule has 2 aromatic carbocycles. The van der Waals surface area contributed by atoms with Gasteiger partial charge >= 0.3 is 0 Å². The van der Waals surface area contributed by atoms with Crippen LogP contribution in [0.1, 0.15) is 5.56 Å². The molecular weight excluding hydrogens is 347 g/mol. The maximum atomic E-state index is 13.6. The van der Waals surface area contributed by atoms with Crippen molar-refractivity contribution in [3.8, 4) is 11.5 Å². The smallest absolute Gasteiger partial charge is 0.175 e. The molecule has 20 heavy (non-hydrogen) atoms. The van der Waals surface area contributed by atoms with Gasteiger partial charge in [0.2, 0.25) is 0 Å². The van der Waals surface area contributed by atoms with Crippen LogP contribution in [0.25, 0.3) is 0 Å². The molecule has 0 aliphatic rings. The van der Waals surface area contributed by atoms with E-state index in [2.05, 4.69) is 15.9 Å². The third-order valence-electron chi connectivity index (χ3n) is 2.69. The lowest BCUT2D eigenvalue weighted by Gasteiger charge is -2.10. The zero-order valence-electron chi connectivity index (χ0n) is 10.6. The Morgan fingerprint density at radius 3 is 2.35 bits per heavy atom. The predicted octanol–water partition coefficient (Wildman–Crippen LogP) is 3.92. The highest BCUT2D eigenvalue weighted by Crippen LogP contribution is 2.29. The highest BCUT2D eigenvalue weighted by molar-refractivity contribution is 9.08. The summed E-state index contributed by atoms with van der Waals surface area (Å²) in [7, 11) is -3.24. The van der Waals surface area contributed by atoms with Gasteiger partial charge in [-0.05, 0) is 36.4 Å². The van der Waals surface area contributed by atoms with E-state index in [1.54, 1.807) is 24.3 Å². The monoisotopic (exact) mass is 358 g/mol. The summed E-state index contributed by atoms with van der Waals surface area (Å²) in [6, 6.07) is 10.6. The van der Waals surface area contributed by atoms with Crippen LogP contribution in [0.5, 0.6) is 11.5 Å². The topological polar surface area (TPSA) is 43.4 Å². The number of alkyl halides is 1. The normalized spacial score (nSPS) is 11.3. The van der Waals surface area contributed by atoms with Crippen molar-refractivity contribution in [2.45, 2.75) is 10.2 Å². The molecule has 2 rings (SSSR count). The summed E-state index contributed by atoms with van der Waals surface area (Å²) >= 11 is 3.21. The van der Waals surface area contributed by atoms with Gasteiger partial charge < -0.3 is 4.74 Å². The average molecular weight is 359 g/mol. The molecule has 0 atom stereocenters. The van der Waals surface area contributed by atoms with Crippen LogP contribution in [0.15, 0.2) is 47.4 Å². The Balaban J connectivity index is 2.29. The van der Waals surface area contributed by atoms with Crippen LogP contribution in [0.3, 0.4) is 0 Å². The zero-order valence-corrected chi connectivity index (χ0v) is 13.0. The molecule has 6 heteroatoms. The van der Waals surface area contributed by atoms with Crippen molar-refractivity contribution < 1.29 is 17.5 Å². The number of rotatable bonds is 4. The van der Waals surface area contributed by atoms with Crippen molar-refractivity contribution >= 4 is 25.8 Å². The van der Waals surface area contributed by atoms with E-state index in [1.165, 1.54) is 18.2 Å². The fraction of sp³-hybridized carbons (Fsp3) is 0.143. The Morgan fingerprint density at radius 2 is 1.80 bits per heavy atom. The fourth-order valence-electron chi connectivity index (χ4n) is 1.65. The zero-order chi connectivity index (χ0) is 14.8. The SMILES string of the molecule is CS(=O)(=O)c1ccc(Oc2cccc(F)c2CBr)cc1. The van der Waals surface area contributed by atoms with Crippen LogP contribution >= 0.6 is 15.9 Å². The first kappa shape index (κ1) is 15.0. The number of hydrogen-bond donors (Lipinski definition) is 0. The van der Waals surface area contributed by atoms with Crippen molar-refractivity contribution in [1.82, 2.24) is 0 Å². The van der Waals surface area contributed by atoms with E-state index in [0.717, 1.165) is 6.26 Å². The molecule has 0 saturated heterocycles. The molecule has 3 nitrogen and oxygen atoms in total. The van der Waals surface area contributed by atoms with Gasteiger partial charge in [-0.25, -0.2) is 12.8 Å². The third kappa shape index (κ3) is 3.37. The number of sulfone groups is 1. The summed E-state index contributed by atoms with van der Waals surface area (Å²) < 4.78 is 41.9. The first-order valence-electron chi connectivity index (χ1n) is 5.73. The van der Waals surface area contributed by atoms with E-state index in [-0.39, 0.29) is 10.7 Å². The van der Waals surface area contributed by atoms with Crippen molar-refractivity contribution in [1.29, 1.82) is 0 Å². The summed E-state index contributed by atoms with van der Waals surface area (Å²) in [5.74, 6) is 0.492. The summed E-state index contributed by atoms with van der Waals surface area (Å²) in [5.41, 5.74) is 0.416. The molecule has 0 aliphatic heterocycles. The lowest BCUT2D eigenvalue weighted by Crippen LogP contribution is -1.97. The Labute approximate surface area is 125 Å². The quantitative estimate of drug-likeness (QED) is 0.778. The molecule has 106 valence electrons. The van der Waals surface area contributed by atoms with E-state index in [0.29, 0.717) is 22.4 Å². The van der Waals surface area contributed by atoms with Gasteiger partial charge in [-0.1, -0.05) is 22.0 Å². The number of halogens is 2. The van der Waals surface area contributed by atoms with Gasteiger partial charge in [-0.3, -0.25) is 0 Å². The second-order valence-corrected chi connectivity index (χ2v) is 6.77. The van der Waals surface area contributed by atoms with Gasteiger partial charge in [0.05, 0.1) is 4.90 Å². The second-order valence-electron chi connectivity index (χ2n) is 4.20. The minimum atomic E-state index is -3.24. The highest BCUT2D eigenvalue weighted by Gasteiger charge is 2.10. The van der Waals surface area contributed by atoms with Crippen molar-refractivity contribution in [3.05, 3.63) is 53.8 Å². The maximum absolute atomic E-state index is 13.6. The van der Waals surface area contributed by atoms with Crippen LogP contribution in [0.4, 0.5) is 4.39 Å². The van der Waals surface area contributed by atoms with Crippen LogP contribution in [-0.2, 0) is 15.2 Å². The fourth-order valence-corrected chi connectivity index (χ4v) is 2.82. The minimum absolute atomic E-state index is 0.213. The van der Waals surface area contributed by atoms with Gasteiger partial charge in [0.1, 0.15) is 17.3 Å². The molecule has 0 saturated carbocycles. The van der Waals surface area contributed by atoms with Crippen molar-refractivity contribution in [3.63, 3.8) is 0 Å². The number of ether oxygens (including phenoxy) is 1. The minimum Gasteiger partial charge on any atom is -0.457 e. The molecule has 0 aliphatic carbocycles. The molecule has 0 aromatic heterocycles. The first-order chi connectivity index (χ1) is 9.41. The molecule has 0 spiro atoms. The van der Waals surface area contributed by atoms with E-state index in [4.69, 9.17) is 4.74 Å². The van der Waals surface area contributed by atoms with Crippen LogP contribution in [0, 0.1) is 5.82 Å². The number of benzene rings is 2. The Kier molecular flexibility index (Phi) is 4.45. The lowest BCUT2D eigenvalue weighted by atomic mass is 10.2. The molecule has 0 amide bonds. The van der Waals surface area contributed by atoms with Crippen LogP contribution in [-0.4, -0.2) is 14.7 Å². The molecular formula is C14H12BrFO3S. The van der Waals surface area contributed by atoms with Crippen molar-refractivity contribution in [2.75, 3.05) is 6.26 Å². The van der Waals surface area contributed by atoms with E-state index >= 15 is 0 Å². The standard InChI is InChI=1S/C14H12BrFO3S/c1-20(17,18)11-7-5-10(6-8-11)19-14-4-2-3-13(16)12(14)9-15/h2-8H,9H2,1H3. The molecule has 2 aromatic rings. The molecule has 0 heterocycles. The van der Waals surface area contributed by atoms with E-state index < -0.39 is 9.84 Å². The van der Waals surface area contributed by atoms with Gasteiger partial charge in [0.15, 0.2) is 9.84 Å². The van der Waals surface area contributed by atoms with E-state index in [1.807, 2.05) is 0 Å². The third-order valence-corrected chi connectivity index (χ3v) is 4.38. The largest absolute Gasteiger partial charge is 0.457 e. The highest BCUT2D eigenvalue weighted by atomic mass is 79.9.